The predicted molar refractivity (Wildman–Crippen MR) is 265 cm³/mol. The van der Waals surface area contributed by atoms with Crippen LogP contribution in [0.25, 0.3) is 55.3 Å². The molecule has 0 aliphatic heterocycles. The van der Waals surface area contributed by atoms with E-state index in [1.54, 1.807) is 0 Å². The monoisotopic (exact) mass is 816 g/mol. The number of hydrogen-bond acceptors (Lipinski definition) is 3. The van der Waals surface area contributed by atoms with Gasteiger partial charge in [0.2, 0.25) is 0 Å². The normalized spacial score (nSPS) is 14.3. The number of fused-ring (bicyclic) bond motifs is 13. The second kappa shape index (κ2) is 14.3. The lowest BCUT2D eigenvalue weighted by Gasteiger charge is -2.33. The van der Waals surface area contributed by atoms with Crippen molar-refractivity contribution in [3.05, 3.63) is 265 Å². The van der Waals surface area contributed by atoms with Crippen LogP contribution in [0, 0.1) is 0 Å². The van der Waals surface area contributed by atoms with E-state index in [9.17, 15) is 0 Å². The Morgan fingerprint density at radius 3 is 1.45 bits per heavy atom. The molecule has 2 aliphatic rings. The first-order valence-corrected chi connectivity index (χ1v) is 22.0. The lowest BCUT2D eigenvalue weighted by atomic mass is 9.70. The fourth-order valence-corrected chi connectivity index (χ4v) is 10.8. The fourth-order valence-electron chi connectivity index (χ4n) is 10.8. The molecule has 1 aromatic heterocycles. The van der Waals surface area contributed by atoms with Crippen LogP contribution in [-0.2, 0) is 5.41 Å². The van der Waals surface area contributed by atoms with Crippen LogP contribution < -0.4 is 9.80 Å². The zero-order valence-corrected chi connectivity index (χ0v) is 34.9. The van der Waals surface area contributed by atoms with Crippen LogP contribution >= 0.6 is 0 Å². The summed E-state index contributed by atoms with van der Waals surface area (Å²) in [7, 11) is 0. The predicted octanol–water partition coefficient (Wildman–Crippen LogP) is 16.5. The maximum atomic E-state index is 6.99. The Bertz CT molecular complexity index is 3510. The van der Waals surface area contributed by atoms with Gasteiger partial charge in [-0.15, -0.1) is 0 Å². The van der Waals surface area contributed by atoms with Gasteiger partial charge in [-0.05, 0) is 135 Å². The van der Waals surface area contributed by atoms with Crippen molar-refractivity contribution in [1.29, 1.82) is 0 Å². The summed E-state index contributed by atoms with van der Waals surface area (Å²) < 4.78 is 6.99. The van der Waals surface area contributed by atoms with Crippen molar-refractivity contribution in [2.45, 2.75) is 5.41 Å². The fraction of sp³-hybridized carbons (Fsp3) is 0.0164. The summed E-state index contributed by atoms with van der Waals surface area (Å²) in [5.74, 6) is 0.936. The molecular formula is C61H40N2O. The number of benzene rings is 10. The molecule has 1 heterocycles. The largest absolute Gasteiger partial charge is 0.456 e. The second-order valence-corrected chi connectivity index (χ2v) is 16.8. The molecule has 0 radical (unpaired) electrons. The summed E-state index contributed by atoms with van der Waals surface area (Å²) in [6.07, 6.45) is 0. The molecule has 0 saturated heterocycles. The summed E-state index contributed by atoms with van der Waals surface area (Å²) in [5.41, 5.74) is 17.7. The first-order chi connectivity index (χ1) is 31.8. The highest BCUT2D eigenvalue weighted by Gasteiger charge is 2.55. The lowest BCUT2D eigenvalue weighted by molar-refractivity contribution is 0.628. The number of rotatable bonds is 7. The number of hydrogen-bond donors (Lipinski definition) is 0. The van der Waals surface area contributed by atoms with Crippen LogP contribution in [-0.4, -0.2) is 0 Å². The van der Waals surface area contributed by atoms with E-state index in [0.29, 0.717) is 0 Å². The van der Waals surface area contributed by atoms with E-state index in [1.807, 2.05) is 0 Å². The van der Waals surface area contributed by atoms with Gasteiger partial charge in [-0.3, -0.25) is 0 Å². The first kappa shape index (κ1) is 36.3. The molecule has 11 aromatic rings. The van der Waals surface area contributed by atoms with Crippen molar-refractivity contribution in [3.63, 3.8) is 0 Å². The molecule has 13 rings (SSSR count). The van der Waals surface area contributed by atoms with Crippen LogP contribution in [0.15, 0.2) is 247 Å². The summed E-state index contributed by atoms with van der Waals surface area (Å²) in [5, 5.41) is 3.63. The molecule has 0 amide bonds. The van der Waals surface area contributed by atoms with E-state index in [2.05, 4.69) is 252 Å². The topological polar surface area (TPSA) is 19.6 Å². The van der Waals surface area contributed by atoms with Gasteiger partial charge in [0.05, 0.1) is 5.41 Å². The Morgan fingerprint density at radius 1 is 0.312 bits per heavy atom. The summed E-state index contributed by atoms with van der Waals surface area (Å²) in [6, 6.07) is 88.0. The van der Waals surface area contributed by atoms with Crippen LogP contribution in [0.4, 0.5) is 34.1 Å². The molecule has 3 heteroatoms. The molecule has 0 saturated carbocycles. The Labute approximate surface area is 372 Å². The van der Waals surface area contributed by atoms with E-state index in [-0.39, 0.29) is 0 Å². The van der Waals surface area contributed by atoms with Crippen LogP contribution in [0.5, 0.6) is 0 Å². The van der Waals surface area contributed by atoms with E-state index in [0.717, 1.165) is 56.4 Å². The van der Waals surface area contributed by atoms with Crippen molar-refractivity contribution < 1.29 is 4.42 Å². The molecule has 1 atom stereocenters. The number of furan rings is 1. The highest BCUT2D eigenvalue weighted by molar-refractivity contribution is 6.03. The molecule has 1 spiro atoms. The molecule has 2 aliphatic carbocycles. The Balaban J connectivity index is 1.05. The summed E-state index contributed by atoms with van der Waals surface area (Å²) in [6.45, 7) is 0. The van der Waals surface area contributed by atoms with Crippen molar-refractivity contribution in [3.8, 4) is 33.6 Å². The van der Waals surface area contributed by atoms with Crippen molar-refractivity contribution in [1.82, 2.24) is 0 Å². The molecule has 0 N–H and O–H groups in total. The third kappa shape index (κ3) is 5.34. The third-order valence-corrected chi connectivity index (χ3v) is 13.4. The van der Waals surface area contributed by atoms with E-state index >= 15 is 0 Å². The zero-order valence-electron chi connectivity index (χ0n) is 34.9. The summed E-state index contributed by atoms with van der Waals surface area (Å²) >= 11 is 0. The maximum Gasteiger partial charge on any atom is 0.140 e. The van der Waals surface area contributed by atoms with Crippen molar-refractivity contribution >= 4 is 55.9 Å². The van der Waals surface area contributed by atoms with Gasteiger partial charge >= 0.3 is 0 Å². The van der Waals surface area contributed by atoms with Gasteiger partial charge < -0.3 is 14.2 Å². The maximum absolute atomic E-state index is 6.99. The molecule has 0 fully saturated rings. The summed E-state index contributed by atoms with van der Waals surface area (Å²) in [4.78, 5) is 4.76. The smallest absolute Gasteiger partial charge is 0.140 e. The van der Waals surface area contributed by atoms with Gasteiger partial charge in [0.25, 0.3) is 0 Å². The van der Waals surface area contributed by atoms with Crippen molar-refractivity contribution in [2.75, 3.05) is 9.80 Å². The van der Waals surface area contributed by atoms with E-state index < -0.39 is 5.41 Å². The molecule has 300 valence electrons. The molecule has 10 aromatic carbocycles. The third-order valence-electron chi connectivity index (χ3n) is 13.4. The number of anilines is 6. The highest BCUT2D eigenvalue weighted by Crippen LogP contribution is 2.66. The van der Waals surface area contributed by atoms with Crippen LogP contribution in [0.3, 0.4) is 0 Å². The van der Waals surface area contributed by atoms with Gasteiger partial charge in [0.15, 0.2) is 0 Å². The van der Waals surface area contributed by atoms with Crippen LogP contribution in [0.1, 0.15) is 22.3 Å². The molecule has 3 nitrogen and oxygen atoms in total. The number of para-hydroxylation sites is 4. The number of nitrogens with zero attached hydrogens (tertiary/aromatic N) is 2. The van der Waals surface area contributed by atoms with Gasteiger partial charge in [-0.25, -0.2) is 0 Å². The highest BCUT2D eigenvalue weighted by atomic mass is 16.3. The van der Waals surface area contributed by atoms with Gasteiger partial charge in [0.1, 0.15) is 11.3 Å². The molecule has 64 heavy (non-hydrogen) atoms. The Kier molecular flexibility index (Phi) is 8.13. The Hall–Kier alpha value is -8.40. The van der Waals surface area contributed by atoms with Gasteiger partial charge in [0, 0.05) is 50.6 Å². The first-order valence-electron chi connectivity index (χ1n) is 22.0. The minimum atomic E-state index is -0.672. The second-order valence-electron chi connectivity index (χ2n) is 16.8. The SMILES string of the molecule is c1ccc(N(c2ccc(-c3cccc4ccccc34)cc2)c2ccc3c(c2)C2(c4ccccc4-3)c3cc(N(c4ccccc4)c4ccccc4)ccc3-c3oc4ccccc4c32)cc1. The minimum absolute atomic E-state index is 0.672. The average Bonchev–Trinajstić information content (AvgIpc) is 3.98. The quantitative estimate of drug-likeness (QED) is 0.160. The zero-order chi connectivity index (χ0) is 42.2. The van der Waals surface area contributed by atoms with Crippen LogP contribution in [0.2, 0.25) is 0 Å². The lowest BCUT2D eigenvalue weighted by Crippen LogP contribution is -2.26. The van der Waals surface area contributed by atoms with Gasteiger partial charge in [-0.2, -0.15) is 0 Å². The average molecular weight is 817 g/mol. The Morgan fingerprint density at radius 2 is 0.781 bits per heavy atom. The van der Waals surface area contributed by atoms with E-state index in [4.69, 9.17) is 4.42 Å². The molecular weight excluding hydrogens is 777 g/mol. The molecule has 1 unspecified atom stereocenters. The standard InChI is InChI=1S/C61H40N2O/c1-4-19-43(20-5-1)62(44-21-6-2-7-22-44)48-36-38-53-57(40-48)61(59-54-27-13-15-30-58(54)64-60(53)59)55-29-14-12-26-51(55)52-37-35-47(39-56(52)61)63(45-23-8-3-9-24-45)46-33-31-42(32-34-46)50-28-16-18-41-17-10-11-25-49(41)50/h1-40H. The van der Waals surface area contributed by atoms with Crippen molar-refractivity contribution in [2.24, 2.45) is 0 Å². The molecule has 0 bridgehead atoms. The van der Waals surface area contributed by atoms with E-state index in [1.165, 1.54) is 55.3 Å². The van der Waals surface area contributed by atoms with Gasteiger partial charge in [-0.1, -0.05) is 158 Å². The minimum Gasteiger partial charge on any atom is -0.456 e.